The number of aliphatic hydroxyl groups excluding tert-OH is 3. The summed E-state index contributed by atoms with van der Waals surface area (Å²) in [5, 5.41) is 61.6. The molecule has 182 valence electrons. The topological polar surface area (TPSA) is 186 Å². The Bertz CT molecular complexity index is 1230. The number of nitrogens with zero attached hydrogens (tertiary/aromatic N) is 3. The van der Waals surface area contributed by atoms with Crippen molar-refractivity contribution in [1.82, 2.24) is 15.0 Å². The third kappa shape index (κ3) is 4.53. The van der Waals surface area contributed by atoms with Crippen LogP contribution in [0.25, 0.3) is 0 Å². The number of aromatic nitrogens is 3. The lowest BCUT2D eigenvalue weighted by Gasteiger charge is -2.20. The Kier molecular flexibility index (Phi) is 7.68. The lowest BCUT2D eigenvalue weighted by atomic mass is 9.92. The van der Waals surface area contributed by atoms with Gasteiger partial charge in [-0.3, -0.25) is 15.0 Å². The zero-order chi connectivity index (χ0) is 25.2. The summed E-state index contributed by atoms with van der Waals surface area (Å²) in [5.41, 5.74) is 9.88. The molecular weight excluding hydrogens is 440 g/mol. The van der Waals surface area contributed by atoms with Crippen molar-refractivity contribution in [3.63, 3.8) is 0 Å². The van der Waals surface area contributed by atoms with Crippen LogP contribution >= 0.6 is 0 Å². The maximum atomic E-state index is 10.8. The molecule has 0 amide bonds. The average molecular weight is 471 g/mol. The minimum absolute atomic E-state index is 0.0117. The molecule has 3 aromatic heterocycles. The summed E-state index contributed by atoms with van der Waals surface area (Å²) in [6.45, 7) is 3.63. The number of nitrogens with two attached hydrogens (primary N) is 1. The lowest BCUT2D eigenvalue weighted by molar-refractivity contribution is 0.275. The predicted octanol–water partition coefficient (Wildman–Crippen LogP) is 1.03. The van der Waals surface area contributed by atoms with Crippen molar-refractivity contribution >= 4 is 0 Å². The van der Waals surface area contributed by atoms with Crippen LogP contribution in [-0.4, -0.2) is 45.6 Å². The molecular formula is C24H30N4O6. The molecule has 0 unspecified atom stereocenters. The predicted molar refractivity (Wildman–Crippen MR) is 123 cm³/mol. The van der Waals surface area contributed by atoms with Crippen LogP contribution < -0.4 is 5.73 Å². The molecule has 10 nitrogen and oxygen atoms in total. The number of aliphatic hydroxyl groups is 3. The van der Waals surface area contributed by atoms with Crippen molar-refractivity contribution < 1.29 is 30.6 Å². The van der Waals surface area contributed by atoms with Crippen LogP contribution in [-0.2, 0) is 39.2 Å². The fourth-order valence-corrected chi connectivity index (χ4v) is 4.15. The Morgan fingerprint density at radius 2 is 1.12 bits per heavy atom. The van der Waals surface area contributed by atoms with Gasteiger partial charge in [0.2, 0.25) is 0 Å². The number of aryl methyl sites for hydroxylation is 3. The maximum Gasteiger partial charge on any atom is 0.141 e. The van der Waals surface area contributed by atoms with Gasteiger partial charge in [-0.1, -0.05) is 0 Å². The van der Waals surface area contributed by atoms with Crippen molar-refractivity contribution in [2.45, 2.75) is 60.0 Å². The van der Waals surface area contributed by atoms with E-state index in [0.717, 1.165) is 0 Å². The number of aromatic hydroxyl groups is 3. The first-order valence-electron chi connectivity index (χ1n) is 10.8. The fourth-order valence-electron chi connectivity index (χ4n) is 4.15. The third-order valence-electron chi connectivity index (χ3n) is 6.10. The van der Waals surface area contributed by atoms with Gasteiger partial charge in [-0.2, -0.15) is 0 Å². The van der Waals surface area contributed by atoms with Crippen LogP contribution in [0.5, 0.6) is 17.2 Å². The number of pyridine rings is 3. The van der Waals surface area contributed by atoms with Crippen LogP contribution in [0.1, 0.15) is 61.9 Å². The van der Waals surface area contributed by atoms with Crippen LogP contribution in [0.2, 0.25) is 0 Å². The molecule has 0 bridgehead atoms. The summed E-state index contributed by atoms with van der Waals surface area (Å²) < 4.78 is 0. The van der Waals surface area contributed by atoms with Crippen LogP contribution in [0, 0.1) is 20.8 Å². The summed E-state index contributed by atoms with van der Waals surface area (Å²) in [4.78, 5) is 12.9. The first kappa shape index (κ1) is 25.3. The van der Waals surface area contributed by atoms with E-state index in [0.29, 0.717) is 61.9 Å². The van der Waals surface area contributed by atoms with Gasteiger partial charge in [0.1, 0.15) is 17.2 Å². The molecule has 10 heteroatoms. The van der Waals surface area contributed by atoms with E-state index < -0.39 is 13.2 Å². The van der Waals surface area contributed by atoms with Crippen molar-refractivity contribution in [3.8, 4) is 17.2 Å². The molecule has 3 heterocycles. The molecule has 0 aliphatic heterocycles. The second-order valence-corrected chi connectivity index (χ2v) is 8.13. The van der Waals surface area contributed by atoms with E-state index in [-0.39, 0.29) is 43.2 Å². The van der Waals surface area contributed by atoms with Gasteiger partial charge in [0, 0.05) is 59.0 Å². The Labute approximate surface area is 197 Å². The van der Waals surface area contributed by atoms with Gasteiger partial charge in [-0.15, -0.1) is 0 Å². The Balaban J connectivity index is 2.19. The maximum absolute atomic E-state index is 10.8. The highest BCUT2D eigenvalue weighted by Gasteiger charge is 2.23. The molecule has 34 heavy (non-hydrogen) atoms. The Morgan fingerprint density at radius 3 is 1.62 bits per heavy atom. The number of hydrogen-bond acceptors (Lipinski definition) is 10. The van der Waals surface area contributed by atoms with Crippen LogP contribution in [0.3, 0.4) is 0 Å². The summed E-state index contributed by atoms with van der Waals surface area (Å²) in [7, 11) is 0. The molecule has 3 aromatic rings. The van der Waals surface area contributed by atoms with Gasteiger partial charge in [0.15, 0.2) is 0 Å². The highest BCUT2D eigenvalue weighted by molar-refractivity contribution is 5.52. The SMILES string of the molecule is Cc1ncc(CO)c(Cc2nc(C)c(O)c(Cc3nc(C)c(O)c(CN)c3CO)c2CO)c1O. The van der Waals surface area contributed by atoms with Gasteiger partial charge in [-0.25, -0.2) is 0 Å². The van der Waals surface area contributed by atoms with E-state index in [1.807, 2.05) is 0 Å². The molecule has 0 aliphatic carbocycles. The fraction of sp³-hybridized carbons (Fsp3) is 0.375. The smallest absolute Gasteiger partial charge is 0.141 e. The quantitative estimate of drug-likeness (QED) is 0.251. The molecule has 0 aliphatic rings. The third-order valence-corrected chi connectivity index (χ3v) is 6.10. The van der Waals surface area contributed by atoms with Crippen molar-refractivity contribution in [2.75, 3.05) is 0 Å². The second kappa shape index (κ2) is 10.3. The van der Waals surface area contributed by atoms with Crippen molar-refractivity contribution in [2.24, 2.45) is 5.73 Å². The molecule has 0 spiro atoms. The van der Waals surface area contributed by atoms with E-state index in [2.05, 4.69) is 15.0 Å². The molecule has 0 fully saturated rings. The summed E-state index contributed by atoms with van der Waals surface area (Å²) >= 11 is 0. The molecule has 3 rings (SSSR count). The van der Waals surface area contributed by atoms with Gasteiger partial charge < -0.3 is 36.4 Å². The second-order valence-electron chi connectivity index (χ2n) is 8.13. The first-order valence-corrected chi connectivity index (χ1v) is 10.8. The molecule has 0 saturated heterocycles. The largest absolute Gasteiger partial charge is 0.506 e. The van der Waals surface area contributed by atoms with Gasteiger partial charge in [0.05, 0.1) is 48.3 Å². The van der Waals surface area contributed by atoms with Gasteiger partial charge in [0.25, 0.3) is 0 Å². The average Bonchev–Trinajstić information content (AvgIpc) is 2.82. The molecule has 0 aromatic carbocycles. The zero-order valence-corrected chi connectivity index (χ0v) is 19.4. The highest BCUT2D eigenvalue weighted by atomic mass is 16.3. The van der Waals surface area contributed by atoms with Crippen molar-refractivity contribution in [3.05, 3.63) is 68.0 Å². The zero-order valence-electron chi connectivity index (χ0n) is 19.4. The molecule has 0 saturated carbocycles. The first-order chi connectivity index (χ1) is 16.2. The van der Waals surface area contributed by atoms with E-state index in [1.54, 1.807) is 20.8 Å². The summed E-state index contributed by atoms with van der Waals surface area (Å²) in [6.07, 6.45) is 1.59. The van der Waals surface area contributed by atoms with Gasteiger partial charge in [-0.05, 0) is 20.8 Å². The van der Waals surface area contributed by atoms with E-state index in [9.17, 15) is 30.6 Å². The molecule has 8 N–H and O–H groups in total. The summed E-state index contributed by atoms with van der Waals surface area (Å²) in [5.74, 6) is -0.292. The Morgan fingerprint density at radius 1 is 0.647 bits per heavy atom. The molecule has 0 radical (unpaired) electrons. The van der Waals surface area contributed by atoms with Crippen LogP contribution in [0.15, 0.2) is 6.20 Å². The van der Waals surface area contributed by atoms with Gasteiger partial charge >= 0.3 is 0 Å². The lowest BCUT2D eigenvalue weighted by Crippen LogP contribution is -2.13. The Hall–Kier alpha value is -3.31. The van der Waals surface area contributed by atoms with Crippen molar-refractivity contribution in [1.29, 1.82) is 0 Å². The van der Waals surface area contributed by atoms with Crippen LogP contribution in [0.4, 0.5) is 0 Å². The minimum atomic E-state index is -0.458. The van der Waals surface area contributed by atoms with E-state index in [1.165, 1.54) is 6.20 Å². The monoisotopic (exact) mass is 470 g/mol. The summed E-state index contributed by atoms with van der Waals surface area (Å²) in [6, 6.07) is 0. The minimum Gasteiger partial charge on any atom is -0.506 e. The standard InChI is InChI=1S/C24H30N4O6/c1-11-22(32)15(14(8-29)7-26-11)4-20-18(9-30)16(23(33)12(2)27-20)5-21-19(10-31)17(6-25)24(34)13(3)28-21/h7,29-34H,4-6,8-10,25H2,1-3H3. The molecule has 0 atom stereocenters. The highest BCUT2D eigenvalue weighted by Crippen LogP contribution is 2.35. The number of hydrogen-bond donors (Lipinski definition) is 7. The number of rotatable bonds is 8. The van der Waals surface area contributed by atoms with E-state index >= 15 is 0 Å². The normalized spacial score (nSPS) is 11.3. The van der Waals surface area contributed by atoms with E-state index in [4.69, 9.17) is 5.73 Å².